The Hall–Kier alpha value is -0.0800. The van der Waals surface area contributed by atoms with Gasteiger partial charge in [-0.3, -0.25) is 0 Å². The highest BCUT2D eigenvalue weighted by molar-refractivity contribution is 5.04. The van der Waals surface area contributed by atoms with Crippen LogP contribution in [0.3, 0.4) is 0 Å². The van der Waals surface area contributed by atoms with Gasteiger partial charge in [-0.15, -0.1) is 0 Å². The van der Waals surface area contributed by atoms with E-state index in [4.69, 9.17) is 0 Å². The molecule has 1 saturated carbocycles. The average Bonchev–Trinajstić information content (AvgIpc) is 2.41. The summed E-state index contributed by atoms with van der Waals surface area (Å²) in [5, 5.41) is 3.44. The summed E-state index contributed by atoms with van der Waals surface area (Å²) in [6.45, 7) is 16.9. The van der Waals surface area contributed by atoms with Crippen LogP contribution in [0.2, 0.25) is 0 Å². The number of nitrogens with zero attached hydrogens (tertiary/aromatic N) is 1. The first-order chi connectivity index (χ1) is 9.31. The van der Waals surface area contributed by atoms with E-state index in [1.165, 1.54) is 58.4 Å². The summed E-state index contributed by atoms with van der Waals surface area (Å²) in [5.74, 6) is 2.16. The van der Waals surface area contributed by atoms with Crippen LogP contribution >= 0.6 is 0 Å². The molecule has 3 rings (SSSR count). The minimum atomic E-state index is 0.784. The summed E-state index contributed by atoms with van der Waals surface area (Å²) in [6, 6.07) is 0. The Bertz CT molecular complexity index is 219. The first-order valence-electron chi connectivity index (χ1n) is 8.74. The number of piperidine rings is 1. The third-order valence-electron chi connectivity index (χ3n) is 5.14. The fourth-order valence-electron chi connectivity index (χ4n) is 3.89. The molecule has 1 aliphatic carbocycles. The van der Waals surface area contributed by atoms with Crippen LogP contribution in [0.4, 0.5) is 0 Å². The summed E-state index contributed by atoms with van der Waals surface area (Å²) >= 11 is 0. The van der Waals surface area contributed by atoms with Gasteiger partial charge in [0.25, 0.3) is 0 Å². The zero-order valence-corrected chi connectivity index (χ0v) is 14.0. The Kier molecular flexibility index (Phi) is 7.38. The van der Waals surface area contributed by atoms with Crippen LogP contribution in [-0.4, -0.2) is 37.6 Å². The minimum Gasteiger partial charge on any atom is -0.316 e. The SMILES string of the molecule is CC.CC.CCN1CCC(C2CC3(CNC3)C2)CC1. The van der Waals surface area contributed by atoms with E-state index in [1.807, 2.05) is 27.7 Å². The van der Waals surface area contributed by atoms with Gasteiger partial charge >= 0.3 is 0 Å². The van der Waals surface area contributed by atoms with Gasteiger partial charge < -0.3 is 10.2 Å². The fraction of sp³-hybridized carbons (Fsp3) is 1.00. The van der Waals surface area contributed by atoms with Crippen molar-refractivity contribution in [1.29, 1.82) is 0 Å². The van der Waals surface area contributed by atoms with Crippen LogP contribution in [0.1, 0.15) is 60.3 Å². The van der Waals surface area contributed by atoms with Crippen molar-refractivity contribution in [2.75, 3.05) is 32.7 Å². The topological polar surface area (TPSA) is 15.3 Å². The average molecular weight is 268 g/mol. The monoisotopic (exact) mass is 268 g/mol. The van der Waals surface area contributed by atoms with E-state index >= 15 is 0 Å². The lowest BCUT2D eigenvalue weighted by molar-refractivity contribution is -0.0415. The van der Waals surface area contributed by atoms with Gasteiger partial charge in [0.1, 0.15) is 0 Å². The Labute approximate surface area is 121 Å². The molecule has 0 aromatic rings. The van der Waals surface area contributed by atoms with E-state index in [0.29, 0.717) is 0 Å². The molecule has 0 aromatic heterocycles. The molecule has 2 nitrogen and oxygen atoms in total. The Morgan fingerprint density at radius 1 is 0.947 bits per heavy atom. The molecule has 0 unspecified atom stereocenters. The fourth-order valence-corrected chi connectivity index (χ4v) is 3.89. The normalized spacial score (nSPS) is 26.4. The molecule has 0 atom stereocenters. The van der Waals surface area contributed by atoms with E-state index < -0.39 is 0 Å². The van der Waals surface area contributed by atoms with Crippen molar-refractivity contribution in [2.24, 2.45) is 17.3 Å². The molecule has 2 heteroatoms. The maximum atomic E-state index is 3.44. The second-order valence-electron chi connectivity index (χ2n) is 6.04. The van der Waals surface area contributed by atoms with Crippen LogP contribution in [0, 0.1) is 17.3 Å². The van der Waals surface area contributed by atoms with E-state index in [-0.39, 0.29) is 0 Å². The number of hydrogen-bond acceptors (Lipinski definition) is 2. The zero-order chi connectivity index (χ0) is 14.3. The molecule has 2 heterocycles. The lowest BCUT2D eigenvalue weighted by Gasteiger charge is -2.57. The van der Waals surface area contributed by atoms with Crippen molar-refractivity contribution < 1.29 is 0 Å². The van der Waals surface area contributed by atoms with Crippen molar-refractivity contribution in [1.82, 2.24) is 10.2 Å². The number of hydrogen-bond donors (Lipinski definition) is 1. The summed E-state index contributed by atoms with van der Waals surface area (Å²) in [7, 11) is 0. The van der Waals surface area contributed by atoms with Crippen molar-refractivity contribution in [3.63, 3.8) is 0 Å². The molecule has 2 saturated heterocycles. The third kappa shape index (κ3) is 3.95. The van der Waals surface area contributed by atoms with Gasteiger partial charge in [-0.25, -0.2) is 0 Å². The predicted molar refractivity (Wildman–Crippen MR) is 85.6 cm³/mol. The maximum Gasteiger partial charge on any atom is 0.00204 e. The molecule has 3 aliphatic rings. The third-order valence-corrected chi connectivity index (χ3v) is 5.14. The first kappa shape index (κ1) is 17.0. The van der Waals surface area contributed by atoms with E-state index in [1.54, 1.807) is 0 Å². The lowest BCUT2D eigenvalue weighted by atomic mass is 9.54. The quantitative estimate of drug-likeness (QED) is 0.820. The molecule has 3 fully saturated rings. The van der Waals surface area contributed by atoms with Crippen molar-refractivity contribution in [3.05, 3.63) is 0 Å². The van der Waals surface area contributed by atoms with Crippen LogP contribution in [0.5, 0.6) is 0 Å². The van der Waals surface area contributed by atoms with Crippen molar-refractivity contribution >= 4 is 0 Å². The predicted octanol–water partition coefficient (Wildman–Crippen LogP) is 3.77. The Balaban J connectivity index is 0.000000415. The molecule has 2 aliphatic heterocycles. The van der Waals surface area contributed by atoms with E-state index in [9.17, 15) is 0 Å². The largest absolute Gasteiger partial charge is 0.316 e. The highest BCUT2D eigenvalue weighted by Gasteiger charge is 2.50. The van der Waals surface area contributed by atoms with Crippen LogP contribution in [-0.2, 0) is 0 Å². The second-order valence-corrected chi connectivity index (χ2v) is 6.04. The van der Waals surface area contributed by atoms with Crippen LogP contribution < -0.4 is 5.32 Å². The smallest absolute Gasteiger partial charge is 0.00204 e. The molecule has 114 valence electrons. The molecule has 0 amide bonds. The van der Waals surface area contributed by atoms with Gasteiger partial charge in [-0.2, -0.15) is 0 Å². The van der Waals surface area contributed by atoms with Gasteiger partial charge in [0.2, 0.25) is 0 Å². The van der Waals surface area contributed by atoms with E-state index in [0.717, 1.165) is 17.3 Å². The van der Waals surface area contributed by atoms with Gasteiger partial charge in [-0.05, 0) is 62.6 Å². The Morgan fingerprint density at radius 3 is 1.84 bits per heavy atom. The van der Waals surface area contributed by atoms with Gasteiger partial charge in [0.15, 0.2) is 0 Å². The summed E-state index contributed by atoms with van der Waals surface area (Å²) in [5.41, 5.74) is 0.784. The molecule has 1 N–H and O–H groups in total. The summed E-state index contributed by atoms with van der Waals surface area (Å²) in [4.78, 5) is 2.61. The Morgan fingerprint density at radius 2 is 1.47 bits per heavy atom. The number of nitrogens with one attached hydrogen (secondary N) is 1. The zero-order valence-electron chi connectivity index (χ0n) is 14.0. The molecule has 0 radical (unpaired) electrons. The van der Waals surface area contributed by atoms with E-state index in [2.05, 4.69) is 17.1 Å². The maximum absolute atomic E-state index is 3.44. The molecular formula is C17H36N2. The molecule has 19 heavy (non-hydrogen) atoms. The van der Waals surface area contributed by atoms with Crippen molar-refractivity contribution in [3.8, 4) is 0 Å². The number of likely N-dealkylation sites (tertiary alicyclic amines) is 1. The minimum absolute atomic E-state index is 0.784. The highest BCUT2D eigenvalue weighted by atomic mass is 15.1. The highest BCUT2D eigenvalue weighted by Crippen LogP contribution is 2.53. The molecule has 0 bridgehead atoms. The number of rotatable bonds is 2. The summed E-state index contributed by atoms with van der Waals surface area (Å²) in [6.07, 6.45) is 6.03. The molecule has 0 aromatic carbocycles. The molecule has 1 spiro atoms. The first-order valence-corrected chi connectivity index (χ1v) is 8.74. The van der Waals surface area contributed by atoms with Crippen LogP contribution in [0.25, 0.3) is 0 Å². The van der Waals surface area contributed by atoms with Gasteiger partial charge in [-0.1, -0.05) is 34.6 Å². The summed E-state index contributed by atoms with van der Waals surface area (Å²) < 4.78 is 0. The standard InChI is InChI=1S/C13H24N2.2C2H6/c1-2-15-5-3-11(4-6-15)12-7-13(8-12)9-14-10-13;2*1-2/h11-12,14H,2-10H2,1H3;2*1-2H3. The second kappa shape index (κ2) is 8.26. The van der Waals surface area contributed by atoms with Gasteiger partial charge in [0, 0.05) is 13.1 Å². The van der Waals surface area contributed by atoms with Crippen molar-refractivity contribution in [2.45, 2.75) is 60.3 Å². The van der Waals surface area contributed by atoms with Crippen LogP contribution in [0.15, 0.2) is 0 Å². The lowest BCUT2D eigenvalue weighted by Crippen LogP contribution is -2.61. The van der Waals surface area contributed by atoms with Gasteiger partial charge in [0.05, 0.1) is 0 Å². The molecular weight excluding hydrogens is 232 g/mol.